The first kappa shape index (κ1) is 20.9. The van der Waals surface area contributed by atoms with Crippen molar-refractivity contribution in [2.45, 2.75) is 20.3 Å². The van der Waals surface area contributed by atoms with Crippen molar-refractivity contribution in [3.05, 3.63) is 33.9 Å². The number of hydrogen-bond acceptors (Lipinski definition) is 6. The summed E-state index contributed by atoms with van der Waals surface area (Å²) in [6.45, 7) is 5.25. The SMILES string of the molecule is COCCNc1ccc(C(=O)NC[C@@H](CO)CC(C)C)cc1[N+](=O)[O-]. The average molecular weight is 353 g/mol. The molecule has 0 unspecified atom stereocenters. The third kappa shape index (κ3) is 7.06. The summed E-state index contributed by atoms with van der Waals surface area (Å²) in [4.78, 5) is 22.9. The molecule has 25 heavy (non-hydrogen) atoms. The average Bonchev–Trinajstić information content (AvgIpc) is 2.58. The van der Waals surface area contributed by atoms with E-state index in [0.717, 1.165) is 6.42 Å². The van der Waals surface area contributed by atoms with Gasteiger partial charge in [0.05, 0.1) is 11.5 Å². The standard InChI is InChI=1S/C17H27N3O5/c1-12(2)8-13(11-21)10-19-17(22)14-4-5-15(18-6-7-25-3)16(9-14)20(23)24/h4-5,9,12-13,18,21H,6-8,10-11H2,1-3H3,(H,19,22)/t13-/m0/s1. The third-order valence-corrected chi connectivity index (χ3v) is 3.69. The second kappa shape index (κ2) is 10.6. The highest BCUT2D eigenvalue weighted by molar-refractivity contribution is 5.95. The number of nitrogens with one attached hydrogen (secondary N) is 2. The van der Waals surface area contributed by atoms with Gasteiger partial charge in [0.2, 0.25) is 0 Å². The Morgan fingerprint density at radius 1 is 1.40 bits per heavy atom. The summed E-state index contributed by atoms with van der Waals surface area (Å²) in [7, 11) is 1.54. The van der Waals surface area contributed by atoms with E-state index in [1.165, 1.54) is 18.2 Å². The first-order valence-corrected chi connectivity index (χ1v) is 8.29. The zero-order valence-electron chi connectivity index (χ0n) is 14.9. The zero-order valence-corrected chi connectivity index (χ0v) is 14.9. The fraction of sp³-hybridized carbons (Fsp3) is 0.588. The lowest BCUT2D eigenvalue weighted by molar-refractivity contribution is -0.384. The van der Waals surface area contributed by atoms with Gasteiger partial charge < -0.3 is 20.5 Å². The summed E-state index contributed by atoms with van der Waals surface area (Å²) in [5, 5.41) is 26.2. The number of methoxy groups -OCH3 is 1. The first-order valence-electron chi connectivity index (χ1n) is 8.29. The molecule has 0 aliphatic carbocycles. The molecule has 8 nitrogen and oxygen atoms in total. The van der Waals surface area contributed by atoms with Crippen molar-refractivity contribution in [2.24, 2.45) is 11.8 Å². The molecular formula is C17H27N3O5. The molecule has 0 radical (unpaired) electrons. The Hall–Kier alpha value is -2.19. The van der Waals surface area contributed by atoms with Crippen LogP contribution in [-0.2, 0) is 4.74 Å². The van der Waals surface area contributed by atoms with Crippen LogP contribution in [0.4, 0.5) is 11.4 Å². The maximum atomic E-state index is 12.2. The molecule has 0 aromatic heterocycles. The Kier molecular flexibility index (Phi) is 8.87. The van der Waals surface area contributed by atoms with E-state index >= 15 is 0 Å². The smallest absolute Gasteiger partial charge is 0.293 e. The van der Waals surface area contributed by atoms with E-state index in [4.69, 9.17) is 4.74 Å². The van der Waals surface area contributed by atoms with Crippen molar-refractivity contribution in [1.29, 1.82) is 0 Å². The van der Waals surface area contributed by atoms with Crippen LogP contribution in [-0.4, -0.2) is 49.4 Å². The van der Waals surface area contributed by atoms with Gasteiger partial charge in [0.1, 0.15) is 5.69 Å². The number of nitro benzene ring substituents is 1. The Bertz CT molecular complexity index is 577. The summed E-state index contributed by atoms with van der Waals surface area (Å²) < 4.78 is 4.90. The Labute approximate surface area is 147 Å². The monoisotopic (exact) mass is 353 g/mol. The molecule has 1 rings (SSSR count). The highest BCUT2D eigenvalue weighted by Crippen LogP contribution is 2.25. The number of nitrogens with zero attached hydrogens (tertiary/aromatic N) is 1. The predicted molar refractivity (Wildman–Crippen MR) is 95.8 cm³/mol. The topological polar surface area (TPSA) is 114 Å². The van der Waals surface area contributed by atoms with Crippen LogP contribution in [0.25, 0.3) is 0 Å². The van der Waals surface area contributed by atoms with Crippen molar-refractivity contribution in [3.8, 4) is 0 Å². The summed E-state index contributed by atoms with van der Waals surface area (Å²) in [6.07, 6.45) is 0.791. The van der Waals surface area contributed by atoms with Gasteiger partial charge in [-0.2, -0.15) is 0 Å². The van der Waals surface area contributed by atoms with E-state index in [9.17, 15) is 20.0 Å². The Morgan fingerprint density at radius 2 is 2.12 bits per heavy atom. The van der Waals surface area contributed by atoms with E-state index < -0.39 is 10.8 Å². The number of nitro groups is 1. The van der Waals surface area contributed by atoms with Crippen LogP contribution in [0.1, 0.15) is 30.6 Å². The van der Waals surface area contributed by atoms with Gasteiger partial charge in [-0.25, -0.2) is 0 Å². The normalized spacial score (nSPS) is 12.0. The lowest BCUT2D eigenvalue weighted by Gasteiger charge is -2.17. The molecule has 0 heterocycles. The van der Waals surface area contributed by atoms with E-state index in [1.807, 2.05) is 13.8 Å². The number of benzene rings is 1. The second-order valence-corrected chi connectivity index (χ2v) is 6.30. The van der Waals surface area contributed by atoms with Crippen LogP contribution >= 0.6 is 0 Å². The van der Waals surface area contributed by atoms with Gasteiger partial charge in [-0.3, -0.25) is 14.9 Å². The number of rotatable bonds is 11. The lowest BCUT2D eigenvalue weighted by Crippen LogP contribution is -2.31. The summed E-state index contributed by atoms with van der Waals surface area (Å²) >= 11 is 0. The zero-order chi connectivity index (χ0) is 18.8. The summed E-state index contributed by atoms with van der Waals surface area (Å²) in [5.74, 6) is -0.0183. The third-order valence-electron chi connectivity index (χ3n) is 3.69. The summed E-state index contributed by atoms with van der Waals surface area (Å²) in [5.41, 5.74) is 0.390. The number of anilines is 1. The molecule has 1 aromatic rings. The molecule has 0 bridgehead atoms. The van der Waals surface area contributed by atoms with Gasteiger partial charge in [-0.05, 0) is 30.4 Å². The van der Waals surface area contributed by atoms with Crippen molar-refractivity contribution in [2.75, 3.05) is 38.7 Å². The number of amides is 1. The maximum Gasteiger partial charge on any atom is 0.293 e. The van der Waals surface area contributed by atoms with Crippen LogP contribution in [0.5, 0.6) is 0 Å². The molecule has 1 amide bonds. The second-order valence-electron chi connectivity index (χ2n) is 6.30. The molecule has 8 heteroatoms. The van der Waals surface area contributed by atoms with Crippen molar-refractivity contribution in [1.82, 2.24) is 5.32 Å². The van der Waals surface area contributed by atoms with Crippen LogP contribution in [0.15, 0.2) is 18.2 Å². The lowest BCUT2D eigenvalue weighted by atomic mass is 9.98. The van der Waals surface area contributed by atoms with Gasteiger partial charge in [0, 0.05) is 38.4 Å². The molecule has 1 aromatic carbocycles. The fourth-order valence-corrected chi connectivity index (χ4v) is 2.49. The van der Waals surface area contributed by atoms with Crippen molar-refractivity contribution < 1.29 is 19.6 Å². The molecule has 3 N–H and O–H groups in total. The number of ether oxygens (including phenoxy) is 1. The van der Waals surface area contributed by atoms with Crippen LogP contribution in [0.2, 0.25) is 0 Å². The van der Waals surface area contributed by atoms with Crippen LogP contribution in [0.3, 0.4) is 0 Å². The fourth-order valence-electron chi connectivity index (χ4n) is 2.49. The summed E-state index contributed by atoms with van der Waals surface area (Å²) in [6, 6.07) is 4.30. The van der Waals surface area contributed by atoms with Gasteiger partial charge in [0.25, 0.3) is 11.6 Å². The molecule has 0 spiro atoms. The number of hydrogen-bond donors (Lipinski definition) is 3. The van der Waals surface area contributed by atoms with Gasteiger partial charge in [-0.15, -0.1) is 0 Å². The van der Waals surface area contributed by atoms with Crippen LogP contribution < -0.4 is 10.6 Å². The van der Waals surface area contributed by atoms with Crippen LogP contribution in [0, 0.1) is 22.0 Å². The highest BCUT2D eigenvalue weighted by atomic mass is 16.6. The number of aliphatic hydroxyl groups is 1. The molecule has 0 fully saturated rings. The number of carbonyl (C=O) groups excluding carboxylic acids is 1. The largest absolute Gasteiger partial charge is 0.396 e. The number of aliphatic hydroxyl groups excluding tert-OH is 1. The predicted octanol–water partition coefficient (Wildman–Crippen LogP) is 2.04. The maximum absolute atomic E-state index is 12.2. The molecule has 0 saturated carbocycles. The minimum atomic E-state index is -0.527. The van der Waals surface area contributed by atoms with Gasteiger partial charge in [0.15, 0.2) is 0 Å². The van der Waals surface area contributed by atoms with Crippen molar-refractivity contribution in [3.63, 3.8) is 0 Å². The first-order chi connectivity index (χ1) is 11.9. The van der Waals surface area contributed by atoms with Gasteiger partial charge in [-0.1, -0.05) is 13.8 Å². The molecular weight excluding hydrogens is 326 g/mol. The molecule has 140 valence electrons. The minimum Gasteiger partial charge on any atom is -0.396 e. The van der Waals surface area contributed by atoms with E-state index in [1.54, 1.807) is 7.11 Å². The van der Waals surface area contributed by atoms with Gasteiger partial charge >= 0.3 is 0 Å². The van der Waals surface area contributed by atoms with Crippen molar-refractivity contribution >= 4 is 17.3 Å². The molecule has 0 aliphatic heterocycles. The van der Waals surface area contributed by atoms with E-state index in [2.05, 4.69) is 10.6 Å². The molecule has 0 aliphatic rings. The number of carbonyl (C=O) groups is 1. The minimum absolute atomic E-state index is 0.0129. The van der Waals surface area contributed by atoms with E-state index in [0.29, 0.717) is 31.3 Å². The molecule has 1 atom stereocenters. The van der Waals surface area contributed by atoms with E-state index in [-0.39, 0.29) is 23.8 Å². The molecule has 0 saturated heterocycles. The quantitative estimate of drug-likeness (QED) is 0.319. The Balaban J connectivity index is 2.78. The highest BCUT2D eigenvalue weighted by Gasteiger charge is 2.18. The Morgan fingerprint density at radius 3 is 2.68 bits per heavy atom.